The molecule has 0 fully saturated rings. The van der Waals surface area contributed by atoms with Crippen LogP contribution in [-0.4, -0.2) is 27.3 Å². The van der Waals surface area contributed by atoms with Crippen molar-refractivity contribution in [2.45, 2.75) is 36.5 Å². The molecule has 2 aromatic heterocycles. The molecule has 26 heavy (non-hydrogen) atoms. The van der Waals surface area contributed by atoms with Crippen molar-refractivity contribution < 1.29 is 4.79 Å². The van der Waals surface area contributed by atoms with Gasteiger partial charge in [0.25, 0.3) is 5.56 Å². The third-order valence-electron chi connectivity index (χ3n) is 4.56. The van der Waals surface area contributed by atoms with Gasteiger partial charge in [-0.2, -0.15) is 0 Å². The Balaban J connectivity index is 1.54. The van der Waals surface area contributed by atoms with Gasteiger partial charge in [-0.05, 0) is 30.0 Å². The molecule has 0 aliphatic carbocycles. The molecule has 5 nitrogen and oxygen atoms in total. The monoisotopic (exact) mass is 385 g/mol. The van der Waals surface area contributed by atoms with Crippen LogP contribution in [0, 0.1) is 0 Å². The minimum absolute atomic E-state index is 0.0458. The van der Waals surface area contributed by atoms with E-state index in [4.69, 9.17) is 0 Å². The molecule has 3 aromatic rings. The molecule has 0 saturated carbocycles. The van der Waals surface area contributed by atoms with E-state index in [0.717, 1.165) is 21.8 Å². The van der Waals surface area contributed by atoms with Crippen molar-refractivity contribution in [3.8, 4) is 0 Å². The van der Waals surface area contributed by atoms with Crippen LogP contribution in [0.25, 0.3) is 10.2 Å². The minimum atomic E-state index is -0.0792. The van der Waals surface area contributed by atoms with E-state index >= 15 is 0 Å². The average molecular weight is 386 g/mol. The maximum Gasteiger partial charge on any atom is 0.262 e. The topological polar surface area (TPSA) is 55.2 Å². The molecule has 1 unspecified atom stereocenters. The van der Waals surface area contributed by atoms with Crippen LogP contribution in [0.1, 0.15) is 19.8 Å². The van der Waals surface area contributed by atoms with Crippen LogP contribution in [0.4, 0.5) is 5.69 Å². The van der Waals surface area contributed by atoms with Crippen molar-refractivity contribution in [2.75, 3.05) is 11.4 Å². The smallest absolute Gasteiger partial charge is 0.262 e. The van der Waals surface area contributed by atoms with E-state index in [-0.39, 0.29) is 17.9 Å². The Morgan fingerprint density at radius 3 is 3.04 bits per heavy atom. The largest absolute Gasteiger partial charge is 0.311 e. The normalized spacial score (nSPS) is 17.1. The number of thioether (sulfide) groups is 1. The number of amides is 1. The van der Waals surface area contributed by atoms with Crippen molar-refractivity contribution in [2.24, 2.45) is 0 Å². The summed E-state index contributed by atoms with van der Waals surface area (Å²) >= 11 is 3.27. The van der Waals surface area contributed by atoms with Crippen LogP contribution in [0.2, 0.25) is 0 Å². The molecule has 0 spiro atoms. The third-order valence-corrected chi connectivity index (χ3v) is 6.62. The summed E-state index contributed by atoms with van der Waals surface area (Å²) in [6.45, 7) is 3.25. The van der Waals surface area contributed by atoms with Crippen molar-refractivity contribution in [3.05, 3.63) is 52.4 Å². The number of fused-ring (bicyclic) bond motifs is 2. The van der Waals surface area contributed by atoms with Gasteiger partial charge >= 0.3 is 0 Å². The zero-order chi connectivity index (χ0) is 18.1. The van der Waals surface area contributed by atoms with E-state index in [1.807, 2.05) is 40.2 Å². The number of benzene rings is 1. The van der Waals surface area contributed by atoms with Crippen LogP contribution in [0.15, 0.2) is 51.7 Å². The van der Waals surface area contributed by atoms with Crippen LogP contribution in [0.3, 0.4) is 0 Å². The van der Waals surface area contributed by atoms with Crippen molar-refractivity contribution in [1.29, 1.82) is 0 Å². The number of carbonyl (C=O) groups excluding carboxylic acids is 1. The van der Waals surface area contributed by atoms with Gasteiger partial charge in [0.15, 0.2) is 0 Å². The number of thiophene rings is 1. The van der Waals surface area contributed by atoms with Gasteiger partial charge in [-0.15, -0.1) is 23.1 Å². The highest BCUT2D eigenvalue weighted by atomic mass is 32.2. The number of carbonyl (C=O) groups is 1. The van der Waals surface area contributed by atoms with Crippen molar-refractivity contribution in [1.82, 2.24) is 9.55 Å². The third kappa shape index (κ3) is 3.29. The van der Waals surface area contributed by atoms with Gasteiger partial charge in [0.2, 0.25) is 5.91 Å². The molecule has 0 N–H and O–H groups in total. The molecule has 1 amide bonds. The first-order chi connectivity index (χ1) is 12.6. The van der Waals surface area contributed by atoms with Gasteiger partial charge < -0.3 is 4.90 Å². The van der Waals surface area contributed by atoms with Gasteiger partial charge in [0.1, 0.15) is 4.83 Å². The van der Waals surface area contributed by atoms with Gasteiger partial charge in [0.05, 0.1) is 17.4 Å². The molecule has 134 valence electrons. The lowest BCUT2D eigenvalue weighted by Gasteiger charge is -2.22. The van der Waals surface area contributed by atoms with E-state index < -0.39 is 0 Å². The summed E-state index contributed by atoms with van der Waals surface area (Å²) in [6.07, 6.45) is 2.78. The Kier molecular flexibility index (Phi) is 4.82. The fourth-order valence-corrected chi connectivity index (χ4v) is 4.99. The summed E-state index contributed by atoms with van der Waals surface area (Å²) in [7, 11) is 0. The summed E-state index contributed by atoms with van der Waals surface area (Å²) in [4.78, 5) is 33.4. The summed E-state index contributed by atoms with van der Waals surface area (Å²) in [6, 6.07) is 9.84. The summed E-state index contributed by atoms with van der Waals surface area (Å²) in [5, 5.41) is 2.96. The predicted octanol–water partition coefficient (Wildman–Crippen LogP) is 3.77. The second kappa shape index (κ2) is 7.25. The zero-order valence-electron chi connectivity index (χ0n) is 14.4. The van der Waals surface area contributed by atoms with Gasteiger partial charge in [-0.25, -0.2) is 4.98 Å². The van der Waals surface area contributed by atoms with Gasteiger partial charge in [0, 0.05) is 29.7 Å². The molecule has 0 radical (unpaired) electrons. The van der Waals surface area contributed by atoms with E-state index in [0.29, 0.717) is 23.7 Å². The molecule has 1 atom stereocenters. The highest BCUT2D eigenvalue weighted by molar-refractivity contribution is 8.00. The summed E-state index contributed by atoms with van der Waals surface area (Å²) in [5.41, 5.74) is 0.898. The summed E-state index contributed by atoms with van der Waals surface area (Å²) < 4.78 is 1.54. The number of aryl methyl sites for hydroxylation is 1. The van der Waals surface area contributed by atoms with Gasteiger partial charge in [-0.1, -0.05) is 19.1 Å². The molecule has 1 aliphatic heterocycles. The van der Waals surface area contributed by atoms with Crippen LogP contribution in [0.5, 0.6) is 0 Å². The lowest BCUT2D eigenvalue weighted by molar-refractivity contribution is -0.118. The Hall–Kier alpha value is -2.12. The Morgan fingerprint density at radius 2 is 2.15 bits per heavy atom. The number of hydrogen-bond donors (Lipinski definition) is 0. The van der Waals surface area contributed by atoms with E-state index in [1.165, 1.54) is 15.9 Å². The van der Waals surface area contributed by atoms with E-state index in [9.17, 15) is 9.59 Å². The number of rotatable bonds is 3. The molecular formula is C19H19N3O2S2. The highest BCUT2D eigenvalue weighted by Gasteiger charge is 2.23. The molecule has 0 bridgehead atoms. The molecule has 1 aromatic carbocycles. The quantitative estimate of drug-likeness (QED) is 0.689. The van der Waals surface area contributed by atoms with Crippen LogP contribution in [-0.2, 0) is 11.3 Å². The highest BCUT2D eigenvalue weighted by Crippen LogP contribution is 2.37. The van der Waals surface area contributed by atoms with Gasteiger partial charge in [-0.3, -0.25) is 14.2 Å². The molecule has 3 heterocycles. The Labute approximate surface area is 159 Å². The van der Waals surface area contributed by atoms with Crippen LogP contribution < -0.4 is 10.5 Å². The lowest BCUT2D eigenvalue weighted by Crippen LogP contribution is -2.33. The van der Waals surface area contributed by atoms with Crippen LogP contribution >= 0.6 is 23.1 Å². The average Bonchev–Trinajstić information content (AvgIpc) is 3.05. The number of aromatic nitrogens is 2. The second-order valence-electron chi connectivity index (χ2n) is 6.36. The first-order valence-corrected chi connectivity index (χ1v) is 10.4. The molecular weight excluding hydrogens is 366 g/mol. The van der Waals surface area contributed by atoms with Crippen molar-refractivity contribution in [3.63, 3.8) is 0 Å². The first kappa shape index (κ1) is 17.3. The SMILES string of the molecule is CC1CCN(C(=O)CCn2cnc3sccc3c2=O)c2ccccc2S1. The molecule has 7 heteroatoms. The molecule has 1 aliphatic rings. The van der Waals surface area contributed by atoms with E-state index in [2.05, 4.69) is 18.0 Å². The summed E-state index contributed by atoms with van der Waals surface area (Å²) in [5.74, 6) is 0.0458. The zero-order valence-corrected chi connectivity index (χ0v) is 16.1. The maximum absolute atomic E-state index is 12.9. The Morgan fingerprint density at radius 1 is 1.31 bits per heavy atom. The number of hydrogen-bond acceptors (Lipinski definition) is 5. The Bertz CT molecular complexity index is 1010. The van der Waals surface area contributed by atoms with Crippen molar-refractivity contribution >= 4 is 44.9 Å². The fraction of sp³-hybridized carbons (Fsp3) is 0.316. The fourth-order valence-electron chi connectivity index (χ4n) is 3.15. The number of nitrogens with zero attached hydrogens (tertiary/aromatic N) is 3. The predicted molar refractivity (Wildman–Crippen MR) is 107 cm³/mol. The molecule has 0 saturated heterocycles. The van der Waals surface area contributed by atoms with E-state index in [1.54, 1.807) is 12.4 Å². The molecule has 4 rings (SSSR count). The standard InChI is InChI=1S/C19H19N3O2S2/c1-13-6-10-22(15-4-2-3-5-16(15)26-13)17(23)7-9-21-12-20-18-14(19(21)24)8-11-25-18/h2-5,8,11-13H,6-7,9-10H2,1H3. The number of para-hydroxylation sites is 1. The maximum atomic E-state index is 12.9. The second-order valence-corrected chi connectivity index (χ2v) is 8.74. The number of anilines is 1. The lowest BCUT2D eigenvalue weighted by atomic mass is 10.2. The first-order valence-electron chi connectivity index (χ1n) is 8.62. The minimum Gasteiger partial charge on any atom is -0.311 e.